The second kappa shape index (κ2) is 5.69. The van der Waals surface area contributed by atoms with Crippen LogP contribution in [0.3, 0.4) is 0 Å². The highest BCUT2D eigenvalue weighted by Crippen LogP contribution is 2.29. The number of aromatic nitrogens is 4. The van der Waals surface area contributed by atoms with Gasteiger partial charge in [0, 0.05) is 19.4 Å². The van der Waals surface area contributed by atoms with Crippen LogP contribution in [-0.4, -0.2) is 33.1 Å². The molecule has 0 bridgehead atoms. The number of hydrogen-bond acceptors (Lipinski definition) is 6. The van der Waals surface area contributed by atoms with Crippen LogP contribution in [0.25, 0.3) is 11.4 Å². The first-order chi connectivity index (χ1) is 10.1. The van der Waals surface area contributed by atoms with Crippen LogP contribution in [0.4, 0.5) is 10.3 Å². The van der Waals surface area contributed by atoms with Crippen LogP contribution >= 0.6 is 0 Å². The highest BCUT2D eigenvalue weighted by atomic mass is 19.1. The second-order valence-corrected chi connectivity index (χ2v) is 5.06. The molecule has 0 amide bonds. The number of nitrogens with zero attached hydrogens (tertiary/aromatic N) is 4. The number of nitrogen functional groups attached to an aromatic ring is 1. The van der Waals surface area contributed by atoms with Crippen LogP contribution in [0.5, 0.6) is 0 Å². The average molecular weight is 289 g/mol. The summed E-state index contributed by atoms with van der Waals surface area (Å²) in [5, 5.41) is 0. The molecule has 0 unspecified atom stereocenters. The summed E-state index contributed by atoms with van der Waals surface area (Å²) in [6.45, 7) is 3.12. The quantitative estimate of drug-likeness (QED) is 0.849. The molecule has 1 fully saturated rings. The smallest absolute Gasteiger partial charge is 0.223 e. The van der Waals surface area contributed by atoms with Crippen molar-refractivity contribution in [1.82, 2.24) is 19.9 Å². The Morgan fingerprint density at radius 2 is 2.00 bits per heavy atom. The maximum absolute atomic E-state index is 14.0. The van der Waals surface area contributed by atoms with Crippen molar-refractivity contribution in [2.75, 3.05) is 18.9 Å². The van der Waals surface area contributed by atoms with Crippen molar-refractivity contribution in [3.63, 3.8) is 0 Å². The van der Waals surface area contributed by atoms with E-state index < -0.39 is 5.95 Å². The number of halogens is 1. The standard InChI is InChI=1S/C14H16FN5O/c1-8-18-13(20-14(16)19-8)11-6-10(7-17-12(11)15)9-2-4-21-5-3-9/h6-7,9H,2-5H2,1H3,(H2,16,18,19,20). The van der Waals surface area contributed by atoms with Crippen molar-refractivity contribution in [1.29, 1.82) is 0 Å². The number of ether oxygens (including phenoxy) is 1. The monoisotopic (exact) mass is 289 g/mol. The van der Waals surface area contributed by atoms with Gasteiger partial charge in [-0.25, -0.2) is 9.97 Å². The Morgan fingerprint density at radius 1 is 1.24 bits per heavy atom. The summed E-state index contributed by atoms with van der Waals surface area (Å²) in [5.74, 6) is 0.474. The average Bonchev–Trinajstić information content (AvgIpc) is 2.47. The van der Waals surface area contributed by atoms with E-state index in [2.05, 4.69) is 19.9 Å². The molecule has 110 valence electrons. The summed E-state index contributed by atoms with van der Waals surface area (Å²) in [5.41, 5.74) is 6.84. The molecule has 0 atom stereocenters. The molecule has 0 aromatic carbocycles. The van der Waals surface area contributed by atoms with E-state index in [0.717, 1.165) is 31.6 Å². The number of aryl methyl sites for hydroxylation is 1. The molecule has 0 spiro atoms. The minimum absolute atomic E-state index is 0.0772. The van der Waals surface area contributed by atoms with Gasteiger partial charge in [-0.15, -0.1) is 0 Å². The van der Waals surface area contributed by atoms with Gasteiger partial charge in [-0.3, -0.25) is 0 Å². The lowest BCUT2D eigenvalue weighted by Gasteiger charge is -2.22. The van der Waals surface area contributed by atoms with Crippen LogP contribution in [0, 0.1) is 12.9 Å². The minimum atomic E-state index is -0.601. The van der Waals surface area contributed by atoms with Crippen LogP contribution in [0.15, 0.2) is 12.3 Å². The lowest BCUT2D eigenvalue weighted by Crippen LogP contribution is -2.14. The maximum atomic E-state index is 14.0. The molecule has 0 saturated carbocycles. The lowest BCUT2D eigenvalue weighted by atomic mass is 9.92. The van der Waals surface area contributed by atoms with E-state index in [9.17, 15) is 4.39 Å². The number of anilines is 1. The van der Waals surface area contributed by atoms with Crippen molar-refractivity contribution in [3.05, 3.63) is 29.6 Å². The summed E-state index contributed by atoms with van der Waals surface area (Å²) < 4.78 is 19.4. The van der Waals surface area contributed by atoms with Gasteiger partial charge < -0.3 is 10.5 Å². The summed E-state index contributed by atoms with van der Waals surface area (Å²) in [6.07, 6.45) is 3.39. The molecule has 3 heterocycles. The highest BCUT2D eigenvalue weighted by Gasteiger charge is 2.19. The molecule has 1 aliphatic heterocycles. The highest BCUT2D eigenvalue weighted by molar-refractivity contribution is 5.56. The molecule has 0 radical (unpaired) electrons. The van der Waals surface area contributed by atoms with Gasteiger partial charge in [0.25, 0.3) is 0 Å². The van der Waals surface area contributed by atoms with Gasteiger partial charge in [-0.2, -0.15) is 14.4 Å². The summed E-state index contributed by atoms with van der Waals surface area (Å²) >= 11 is 0. The van der Waals surface area contributed by atoms with E-state index in [1.165, 1.54) is 0 Å². The Labute approximate surface area is 121 Å². The Morgan fingerprint density at radius 3 is 2.71 bits per heavy atom. The fourth-order valence-corrected chi connectivity index (χ4v) is 2.50. The van der Waals surface area contributed by atoms with Crippen molar-refractivity contribution in [2.45, 2.75) is 25.7 Å². The van der Waals surface area contributed by atoms with Crippen molar-refractivity contribution in [3.8, 4) is 11.4 Å². The second-order valence-electron chi connectivity index (χ2n) is 5.06. The SMILES string of the molecule is Cc1nc(N)nc(-c2cc(C3CCOCC3)cnc2F)n1. The van der Waals surface area contributed by atoms with E-state index in [-0.39, 0.29) is 17.3 Å². The molecule has 7 heteroatoms. The molecule has 6 nitrogen and oxygen atoms in total. The number of nitrogens with two attached hydrogens (primary N) is 1. The molecule has 2 aromatic rings. The molecule has 1 aliphatic rings. The first-order valence-electron chi connectivity index (χ1n) is 6.85. The van der Waals surface area contributed by atoms with Gasteiger partial charge in [0.2, 0.25) is 11.9 Å². The largest absolute Gasteiger partial charge is 0.381 e. The Bertz CT molecular complexity index is 638. The van der Waals surface area contributed by atoms with Gasteiger partial charge in [0.15, 0.2) is 5.82 Å². The lowest BCUT2D eigenvalue weighted by molar-refractivity contribution is 0.0852. The van der Waals surface area contributed by atoms with Gasteiger partial charge in [-0.05, 0) is 37.3 Å². The third kappa shape index (κ3) is 2.97. The molecule has 2 aromatic heterocycles. The van der Waals surface area contributed by atoms with Crippen LogP contribution in [0.1, 0.15) is 30.1 Å². The summed E-state index contributed by atoms with van der Waals surface area (Å²) in [4.78, 5) is 15.9. The summed E-state index contributed by atoms with van der Waals surface area (Å²) in [6, 6.07) is 1.76. The molecular weight excluding hydrogens is 273 g/mol. The first kappa shape index (κ1) is 13.8. The minimum Gasteiger partial charge on any atom is -0.381 e. The van der Waals surface area contributed by atoms with Crippen LogP contribution < -0.4 is 5.73 Å². The van der Waals surface area contributed by atoms with E-state index >= 15 is 0 Å². The normalized spacial score (nSPS) is 16.1. The molecule has 1 saturated heterocycles. The zero-order chi connectivity index (χ0) is 14.8. The molecule has 0 aliphatic carbocycles. The fourth-order valence-electron chi connectivity index (χ4n) is 2.50. The Balaban J connectivity index is 2.01. The topological polar surface area (TPSA) is 86.8 Å². The van der Waals surface area contributed by atoms with E-state index in [1.807, 2.05) is 0 Å². The van der Waals surface area contributed by atoms with Gasteiger partial charge in [0.1, 0.15) is 5.82 Å². The molecule has 2 N–H and O–H groups in total. The van der Waals surface area contributed by atoms with E-state index in [0.29, 0.717) is 11.7 Å². The van der Waals surface area contributed by atoms with E-state index in [4.69, 9.17) is 10.5 Å². The van der Waals surface area contributed by atoms with Gasteiger partial charge in [-0.1, -0.05) is 0 Å². The molecular formula is C14H16FN5O. The Kier molecular flexibility index (Phi) is 3.74. The third-order valence-corrected chi connectivity index (χ3v) is 3.56. The Hall–Kier alpha value is -2.15. The number of hydrogen-bond donors (Lipinski definition) is 1. The zero-order valence-corrected chi connectivity index (χ0v) is 11.7. The molecule has 21 heavy (non-hydrogen) atoms. The first-order valence-corrected chi connectivity index (χ1v) is 6.85. The summed E-state index contributed by atoms with van der Waals surface area (Å²) in [7, 11) is 0. The number of pyridine rings is 1. The van der Waals surface area contributed by atoms with Gasteiger partial charge >= 0.3 is 0 Å². The van der Waals surface area contributed by atoms with Crippen molar-refractivity contribution in [2.24, 2.45) is 0 Å². The maximum Gasteiger partial charge on any atom is 0.223 e. The predicted molar refractivity (Wildman–Crippen MR) is 75.0 cm³/mol. The van der Waals surface area contributed by atoms with Crippen molar-refractivity contribution < 1.29 is 9.13 Å². The third-order valence-electron chi connectivity index (χ3n) is 3.56. The van der Waals surface area contributed by atoms with Crippen LogP contribution in [-0.2, 0) is 4.74 Å². The fraction of sp³-hybridized carbons (Fsp3) is 0.429. The van der Waals surface area contributed by atoms with Crippen molar-refractivity contribution >= 4 is 5.95 Å². The zero-order valence-electron chi connectivity index (χ0n) is 11.7. The predicted octanol–water partition coefficient (Wildman–Crippen LogP) is 1.86. The molecule has 3 rings (SSSR count). The van der Waals surface area contributed by atoms with E-state index in [1.54, 1.807) is 19.2 Å². The number of rotatable bonds is 2. The van der Waals surface area contributed by atoms with Crippen LogP contribution in [0.2, 0.25) is 0 Å². The van der Waals surface area contributed by atoms with Gasteiger partial charge in [0.05, 0.1) is 5.56 Å².